The van der Waals surface area contributed by atoms with Gasteiger partial charge < -0.3 is 35.6 Å². The molecule has 1 fully saturated rings. The Morgan fingerprint density at radius 2 is 2.05 bits per heavy atom. The maximum atomic E-state index is 13.9. The summed E-state index contributed by atoms with van der Waals surface area (Å²) in [4.78, 5) is 22.0. The Kier molecular flexibility index (Phi) is 5.59. The third kappa shape index (κ3) is 3.47. The summed E-state index contributed by atoms with van der Waals surface area (Å²) in [6, 6.07) is -1.49. The summed E-state index contributed by atoms with van der Waals surface area (Å²) in [7, 11) is 0. The Hall–Kier alpha value is -1.33. The van der Waals surface area contributed by atoms with Gasteiger partial charge in [-0.3, -0.25) is 4.79 Å². The minimum atomic E-state index is -3.37. The number of carboxylic acid groups (broad SMARTS) is 1. The topological polar surface area (TPSA) is 157 Å². The van der Waals surface area contributed by atoms with Gasteiger partial charge in [0.2, 0.25) is 5.91 Å². The van der Waals surface area contributed by atoms with Crippen LogP contribution in [-0.4, -0.2) is 80.3 Å². The summed E-state index contributed by atoms with van der Waals surface area (Å²) in [5, 5.41) is 49.0. The van der Waals surface area contributed by atoms with E-state index in [-0.39, 0.29) is 6.42 Å². The predicted octanol–water partition coefficient (Wildman–Crippen LogP) is -2.89. The molecule has 10 heteroatoms. The van der Waals surface area contributed by atoms with E-state index in [0.29, 0.717) is 0 Å². The maximum Gasteiger partial charge on any atom is 0.367 e. The van der Waals surface area contributed by atoms with Gasteiger partial charge in [0.05, 0.1) is 12.1 Å². The number of carboxylic acids is 1. The van der Waals surface area contributed by atoms with Gasteiger partial charge in [0.15, 0.2) is 6.17 Å². The van der Waals surface area contributed by atoms with Crippen LogP contribution in [0.4, 0.5) is 4.39 Å². The number of alkyl halides is 1. The molecule has 0 aromatic heterocycles. The predicted molar refractivity (Wildman–Crippen MR) is 63.7 cm³/mol. The summed E-state index contributed by atoms with van der Waals surface area (Å²) in [6.45, 7) is 0.557. The van der Waals surface area contributed by atoms with Gasteiger partial charge >= 0.3 is 11.8 Å². The van der Waals surface area contributed by atoms with Gasteiger partial charge in [0.25, 0.3) is 0 Å². The highest BCUT2D eigenvalue weighted by Gasteiger charge is 2.60. The van der Waals surface area contributed by atoms with E-state index in [0.717, 1.165) is 6.92 Å². The molecule has 0 bridgehead atoms. The van der Waals surface area contributed by atoms with Crippen LogP contribution >= 0.6 is 0 Å². The number of carbonyl (C=O) groups is 2. The van der Waals surface area contributed by atoms with Crippen molar-refractivity contribution < 1.29 is 44.2 Å². The Balaban J connectivity index is 3.12. The fourth-order valence-corrected chi connectivity index (χ4v) is 2.14. The third-order valence-corrected chi connectivity index (χ3v) is 3.19. The first-order chi connectivity index (χ1) is 9.65. The molecule has 0 radical (unpaired) electrons. The number of hydrogen-bond acceptors (Lipinski definition) is 7. The van der Waals surface area contributed by atoms with Crippen LogP contribution in [0.1, 0.15) is 13.3 Å². The normalized spacial score (nSPS) is 37.8. The number of hydrogen-bond donors (Lipinski definition) is 6. The van der Waals surface area contributed by atoms with E-state index >= 15 is 0 Å². The first-order valence-corrected chi connectivity index (χ1v) is 6.17. The van der Waals surface area contributed by atoms with Crippen LogP contribution in [0.2, 0.25) is 0 Å². The number of aliphatic carboxylic acids is 1. The molecule has 122 valence electrons. The standard InChI is InChI=1S/C11H18FNO8/c1-4(15)13-6-7(17)9(12)11(20,10(18)19)21-8(6)5(16)2-3-14/h5-9,14,16-17,20H,2-3H2,1H3,(H,13,15)(H,18,19)/t5-,6-,7-,8+,9-,11+/m1/s1. The number of aliphatic hydroxyl groups is 4. The van der Waals surface area contributed by atoms with E-state index in [9.17, 15) is 29.3 Å². The smallest absolute Gasteiger partial charge is 0.367 e. The monoisotopic (exact) mass is 311 g/mol. The van der Waals surface area contributed by atoms with Gasteiger partial charge in [0, 0.05) is 13.5 Å². The van der Waals surface area contributed by atoms with Crippen molar-refractivity contribution in [2.45, 2.75) is 49.7 Å². The minimum Gasteiger partial charge on any atom is -0.477 e. The van der Waals surface area contributed by atoms with Crippen molar-refractivity contribution in [3.8, 4) is 0 Å². The molecule has 1 saturated heterocycles. The second-order valence-electron chi connectivity index (χ2n) is 4.78. The second-order valence-corrected chi connectivity index (χ2v) is 4.78. The second kappa shape index (κ2) is 6.62. The molecule has 1 aliphatic rings. The van der Waals surface area contributed by atoms with Gasteiger partial charge in [-0.05, 0) is 6.42 Å². The van der Waals surface area contributed by atoms with Crippen LogP contribution in [0.15, 0.2) is 0 Å². The van der Waals surface area contributed by atoms with Crippen molar-refractivity contribution in [2.75, 3.05) is 6.61 Å². The third-order valence-electron chi connectivity index (χ3n) is 3.19. The molecular formula is C11H18FNO8. The van der Waals surface area contributed by atoms with Crippen molar-refractivity contribution in [1.29, 1.82) is 0 Å². The zero-order valence-corrected chi connectivity index (χ0v) is 11.1. The van der Waals surface area contributed by atoms with Crippen LogP contribution in [0, 0.1) is 0 Å². The van der Waals surface area contributed by atoms with E-state index in [1.807, 2.05) is 0 Å². The molecule has 1 amide bonds. The molecule has 9 nitrogen and oxygen atoms in total. The number of carbonyl (C=O) groups excluding carboxylic acids is 1. The number of amides is 1. The molecule has 21 heavy (non-hydrogen) atoms. The molecule has 0 spiro atoms. The summed E-state index contributed by atoms with van der Waals surface area (Å²) in [5.41, 5.74) is 0. The highest BCUT2D eigenvalue weighted by Crippen LogP contribution is 2.32. The van der Waals surface area contributed by atoms with Crippen molar-refractivity contribution in [1.82, 2.24) is 5.32 Å². The minimum absolute atomic E-state index is 0.292. The molecule has 0 saturated carbocycles. The van der Waals surface area contributed by atoms with E-state index in [4.69, 9.17) is 14.9 Å². The number of aliphatic hydroxyl groups excluding tert-OH is 3. The quantitative estimate of drug-likeness (QED) is 0.316. The summed E-state index contributed by atoms with van der Waals surface area (Å²) < 4.78 is 18.6. The highest BCUT2D eigenvalue weighted by atomic mass is 19.1. The number of rotatable bonds is 5. The van der Waals surface area contributed by atoms with Gasteiger partial charge in [-0.1, -0.05) is 0 Å². The van der Waals surface area contributed by atoms with E-state index in [2.05, 4.69) is 5.32 Å². The lowest BCUT2D eigenvalue weighted by Crippen LogP contribution is -2.71. The number of nitrogens with one attached hydrogen (secondary N) is 1. The fraction of sp³-hybridized carbons (Fsp3) is 0.818. The molecule has 1 rings (SSSR count). The molecule has 1 heterocycles. The molecular weight excluding hydrogens is 293 g/mol. The Labute approximate surface area is 119 Å². The van der Waals surface area contributed by atoms with Gasteiger partial charge in [-0.25, -0.2) is 9.18 Å². The van der Waals surface area contributed by atoms with Crippen LogP contribution in [0.25, 0.3) is 0 Å². The molecule has 6 N–H and O–H groups in total. The van der Waals surface area contributed by atoms with Crippen LogP contribution in [0.5, 0.6) is 0 Å². The van der Waals surface area contributed by atoms with E-state index in [1.165, 1.54) is 0 Å². The van der Waals surface area contributed by atoms with Crippen LogP contribution < -0.4 is 5.32 Å². The zero-order valence-electron chi connectivity index (χ0n) is 11.1. The fourth-order valence-electron chi connectivity index (χ4n) is 2.14. The maximum absolute atomic E-state index is 13.9. The summed E-state index contributed by atoms with van der Waals surface area (Å²) in [5.74, 6) is -6.14. The van der Waals surface area contributed by atoms with Crippen LogP contribution in [-0.2, 0) is 14.3 Å². The molecule has 0 unspecified atom stereocenters. The summed E-state index contributed by atoms with van der Waals surface area (Å²) in [6.07, 6.45) is -8.32. The molecule has 0 aromatic rings. The first-order valence-electron chi connectivity index (χ1n) is 6.17. The lowest BCUT2D eigenvalue weighted by atomic mass is 9.88. The molecule has 0 aliphatic carbocycles. The van der Waals surface area contributed by atoms with Crippen molar-refractivity contribution in [3.63, 3.8) is 0 Å². The lowest BCUT2D eigenvalue weighted by molar-refractivity contribution is -0.316. The Bertz CT molecular complexity index is 408. The average molecular weight is 311 g/mol. The molecule has 0 aromatic carbocycles. The van der Waals surface area contributed by atoms with Crippen LogP contribution in [0.3, 0.4) is 0 Å². The van der Waals surface area contributed by atoms with Crippen molar-refractivity contribution in [2.24, 2.45) is 0 Å². The van der Waals surface area contributed by atoms with Crippen molar-refractivity contribution in [3.05, 3.63) is 0 Å². The van der Waals surface area contributed by atoms with Gasteiger partial charge in [-0.15, -0.1) is 0 Å². The largest absolute Gasteiger partial charge is 0.477 e. The first kappa shape index (κ1) is 17.7. The number of ether oxygens (including phenoxy) is 1. The highest BCUT2D eigenvalue weighted by molar-refractivity contribution is 5.77. The zero-order chi connectivity index (χ0) is 16.4. The molecule has 1 aliphatic heterocycles. The average Bonchev–Trinajstić information content (AvgIpc) is 2.39. The Morgan fingerprint density at radius 1 is 1.48 bits per heavy atom. The lowest BCUT2D eigenvalue weighted by Gasteiger charge is -2.45. The van der Waals surface area contributed by atoms with Gasteiger partial charge in [0.1, 0.15) is 12.2 Å². The van der Waals surface area contributed by atoms with Crippen molar-refractivity contribution >= 4 is 11.9 Å². The number of halogens is 1. The molecule has 6 atom stereocenters. The van der Waals surface area contributed by atoms with Gasteiger partial charge in [-0.2, -0.15) is 0 Å². The van der Waals surface area contributed by atoms with E-state index in [1.54, 1.807) is 0 Å². The Morgan fingerprint density at radius 3 is 2.48 bits per heavy atom. The van der Waals surface area contributed by atoms with E-state index < -0.39 is 54.8 Å². The summed E-state index contributed by atoms with van der Waals surface area (Å²) >= 11 is 0. The SMILES string of the molecule is CC(=O)N[C@@H]1[C@@H](O)[C@@H](F)[C@@](O)(C(=O)O)O[C@H]1[C@H](O)CCO.